The minimum Gasteiger partial charge on any atom is -0.462 e. The van der Waals surface area contributed by atoms with Crippen molar-refractivity contribution in [2.24, 2.45) is 5.92 Å². The first-order valence-electron chi connectivity index (χ1n) is 6.30. The fraction of sp³-hybridized carbons (Fsp3) is 0.429. The highest BCUT2D eigenvalue weighted by Gasteiger charge is 2.20. The van der Waals surface area contributed by atoms with Gasteiger partial charge in [0, 0.05) is 18.0 Å². The molecule has 0 heterocycles. The van der Waals surface area contributed by atoms with E-state index in [2.05, 4.69) is 5.32 Å². The normalized spacial score (nSPS) is 10.5. The highest BCUT2D eigenvalue weighted by molar-refractivity contribution is 6.33. The molecule has 20 heavy (non-hydrogen) atoms. The van der Waals surface area contributed by atoms with Gasteiger partial charge in [0.1, 0.15) is 11.4 Å². The lowest BCUT2D eigenvalue weighted by molar-refractivity contribution is -0.124. The first-order chi connectivity index (χ1) is 9.38. The number of ether oxygens (including phenoxy) is 1. The van der Waals surface area contributed by atoms with E-state index in [-0.39, 0.29) is 41.1 Å². The topological polar surface area (TPSA) is 55.4 Å². The molecule has 0 fully saturated rings. The highest BCUT2D eigenvalue weighted by atomic mass is 35.5. The van der Waals surface area contributed by atoms with Crippen LogP contribution in [0.1, 0.15) is 36.7 Å². The summed E-state index contributed by atoms with van der Waals surface area (Å²) < 4.78 is 19.0. The fourth-order valence-electron chi connectivity index (χ4n) is 1.51. The van der Waals surface area contributed by atoms with Crippen molar-refractivity contribution in [3.63, 3.8) is 0 Å². The van der Waals surface area contributed by atoms with Crippen molar-refractivity contribution < 1.29 is 18.7 Å². The van der Waals surface area contributed by atoms with Gasteiger partial charge in [-0.2, -0.15) is 0 Å². The van der Waals surface area contributed by atoms with E-state index >= 15 is 0 Å². The van der Waals surface area contributed by atoms with Crippen LogP contribution in [0.25, 0.3) is 0 Å². The van der Waals surface area contributed by atoms with Gasteiger partial charge in [-0.1, -0.05) is 31.5 Å². The Hall–Kier alpha value is -1.62. The largest absolute Gasteiger partial charge is 0.462 e. The molecule has 0 radical (unpaired) electrons. The molecular weight excluding hydrogens is 285 g/mol. The average molecular weight is 302 g/mol. The third-order valence-electron chi connectivity index (χ3n) is 2.63. The van der Waals surface area contributed by atoms with Crippen molar-refractivity contribution in [3.05, 3.63) is 34.1 Å². The summed E-state index contributed by atoms with van der Waals surface area (Å²) in [6.07, 6.45) is 0. The van der Waals surface area contributed by atoms with Crippen molar-refractivity contribution in [1.29, 1.82) is 0 Å². The van der Waals surface area contributed by atoms with Crippen LogP contribution in [-0.2, 0) is 16.1 Å². The predicted molar refractivity (Wildman–Crippen MR) is 74.1 cm³/mol. The number of benzene rings is 1. The summed E-state index contributed by atoms with van der Waals surface area (Å²) in [5, 5.41) is 2.57. The van der Waals surface area contributed by atoms with Gasteiger partial charge in [-0.25, -0.2) is 9.18 Å². The number of carbonyl (C=O) groups is 2. The van der Waals surface area contributed by atoms with Crippen LogP contribution in [0.5, 0.6) is 0 Å². The van der Waals surface area contributed by atoms with E-state index in [1.807, 2.05) is 0 Å². The maximum absolute atomic E-state index is 14.2. The molecule has 0 spiro atoms. The van der Waals surface area contributed by atoms with Crippen molar-refractivity contribution in [2.75, 3.05) is 6.61 Å². The van der Waals surface area contributed by atoms with E-state index in [0.29, 0.717) is 0 Å². The average Bonchev–Trinajstić information content (AvgIpc) is 2.37. The molecule has 1 rings (SSSR count). The van der Waals surface area contributed by atoms with E-state index in [1.165, 1.54) is 12.1 Å². The second-order valence-electron chi connectivity index (χ2n) is 4.49. The second-order valence-corrected chi connectivity index (χ2v) is 4.90. The molecule has 0 atom stereocenters. The van der Waals surface area contributed by atoms with Gasteiger partial charge >= 0.3 is 5.97 Å². The van der Waals surface area contributed by atoms with Gasteiger partial charge < -0.3 is 10.1 Å². The van der Waals surface area contributed by atoms with Gasteiger partial charge in [0.25, 0.3) is 0 Å². The minimum atomic E-state index is -0.813. The molecule has 0 bridgehead atoms. The van der Waals surface area contributed by atoms with E-state index in [4.69, 9.17) is 16.3 Å². The molecule has 110 valence electrons. The Morgan fingerprint density at radius 3 is 2.60 bits per heavy atom. The van der Waals surface area contributed by atoms with Crippen LogP contribution in [0, 0.1) is 11.7 Å². The molecule has 0 aromatic heterocycles. The van der Waals surface area contributed by atoms with Crippen LogP contribution >= 0.6 is 11.6 Å². The standard InChI is InChI=1S/C14H17ClFNO3/c1-4-20-14(19)11-10(15)6-5-9(12(11)16)7-17-13(18)8(2)3/h5-6,8H,4,7H2,1-3H3,(H,17,18). The number of amides is 1. The SMILES string of the molecule is CCOC(=O)c1c(Cl)ccc(CNC(=O)C(C)C)c1F. The lowest BCUT2D eigenvalue weighted by Gasteiger charge is -2.11. The summed E-state index contributed by atoms with van der Waals surface area (Å²) in [6, 6.07) is 2.84. The number of esters is 1. The summed E-state index contributed by atoms with van der Waals surface area (Å²) in [7, 11) is 0. The minimum absolute atomic E-state index is 0.00752. The van der Waals surface area contributed by atoms with Gasteiger partial charge in [0.05, 0.1) is 11.6 Å². The summed E-state index contributed by atoms with van der Waals surface area (Å²) in [5.74, 6) is -1.97. The zero-order valence-electron chi connectivity index (χ0n) is 11.6. The van der Waals surface area contributed by atoms with Crippen LogP contribution in [0.3, 0.4) is 0 Å². The predicted octanol–water partition coefficient (Wildman–Crippen LogP) is 2.93. The summed E-state index contributed by atoms with van der Waals surface area (Å²) >= 11 is 5.82. The van der Waals surface area contributed by atoms with Crippen molar-refractivity contribution in [3.8, 4) is 0 Å². The van der Waals surface area contributed by atoms with Crippen LogP contribution in [0.15, 0.2) is 12.1 Å². The molecule has 1 N–H and O–H groups in total. The Bertz CT molecular complexity index is 517. The summed E-state index contributed by atoms with van der Waals surface area (Å²) in [5.41, 5.74) is -0.115. The molecule has 0 aliphatic rings. The third-order valence-corrected chi connectivity index (χ3v) is 2.94. The number of hydrogen-bond acceptors (Lipinski definition) is 3. The molecule has 1 aromatic carbocycles. The molecule has 6 heteroatoms. The third kappa shape index (κ3) is 3.93. The Kier molecular flexibility index (Phi) is 5.95. The fourth-order valence-corrected chi connectivity index (χ4v) is 1.73. The van der Waals surface area contributed by atoms with Crippen molar-refractivity contribution >= 4 is 23.5 Å². The monoisotopic (exact) mass is 301 g/mol. The zero-order chi connectivity index (χ0) is 15.3. The first kappa shape index (κ1) is 16.4. The maximum atomic E-state index is 14.2. The lowest BCUT2D eigenvalue weighted by Crippen LogP contribution is -2.27. The van der Waals surface area contributed by atoms with Crippen LogP contribution in [0.2, 0.25) is 5.02 Å². The van der Waals surface area contributed by atoms with E-state index in [0.717, 1.165) is 0 Å². The Morgan fingerprint density at radius 2 is 2.05 bits per heavy atom. The van der Waals surface area contributed by atoms with Crippen molar-refractivity contribution in [2.45, 2.75) is 27.3 Å². The first-order valence-corrected chi connectivity index (χ1v) is 6.68. The molecule has 0 aliphatic carbocycles. The number of carbonyl (C=O) groups excluding carboxylic acids is 2. The summed E-state index contributed by atoms with van der Waals surface area (Å²) in [4.78, 5) is 23.1. The smallest absolute Gasteiger partial charge is 0.342 e. The molecule has 0 unspecified atom stereocenters. The van der Waals surface area contributed by atoms with Gasteiger partial charge in [-0.3, -0.25) is 4.79 Å². The lowest BCUT2D eigenvalue weighted by atomic mass is 10.1. The molecule has 4 nitrogen and oxygen atoms in total. The molecule has 0 saturated heterocycles. The van der Waals surface area contributed by atoms with E-state index in [1.54, 1.807) is 20.8 Å². The second kappa shape index (κ2) is 7.24. The Morgan fingerprint density at radius 1 is 1.40 bits per heavy atom. The number of halogens is 2. The van der Waals surface area contributed by atoms with Crippen LogP contribution in [-0.4, -0.2) is 18.5 Å². The Labute approximate surface area is 122 Å². The molecule has 0 saturated carbocycles. The number of hydrogen-bond donors (Lipinski definition) is 1. The maximum Gasteiger partial charge on any atom is 0.342 e. The van der Waals surface area contributed by atoms with E-state index in [9.17, 15) is 14.0 Å². The van der Waals surface area contributed by atoms with Gasteiger partial charge in [-0.15, -0.1) is 0 Å². The Balaban J connectivity index is 2.97. The summed E-state index contributed by atoms with van der Waals surface area (Å²) in [6.45, 7) is 5.21. The van der Waals surface area contributed by atoms with Gasteiger partial charge in [0.15, 0.2) is 0 Å². The zero-order valence-corrected chi connectivity index (χ0v) is 12.4. The number of rotatable bonds is 5. The molecular formula is C14H17ClFNO3. The number of nitrogens with one attached hydrogen (secondary N) is 1. The van der Waals surface area contributed by atoms with Gasteiger partial charge in [-0.05, 0) is 13.0 Å². The molecule has 0 aliphatic heterocycles. The van der Waals surface area contributed by atoms with Crippen molar-refractivity contribution in [1.82, 2.24) is 5.32 Å². The van der Waals surface area contributed by atoms with E-state index < -0.39 is 11.8 Å². The quantitative estimate of drug-likeness (QED) is 0.851. The van der Waals surface area contributed by atoms with Crippen LogP contribution in [0.4, 0.5) is 4.39 Å². The van der Waals surface area contributed by atoms with Crippen LogP contribution < -0.4 is 5.32 Å². The van der Waals surface area contributed by atoms with Gasteiger partial charge in [0.2, 0.25) is 5.91 Å². The highest BCUT2D eigenvalue weighted by Crippen LogP contribution is 2.23. The molecule has 1 amide bonds. The molecule has 1 aromatic rings.